The predicted molar refractivity (Wildman–Crippen MR) is 120 cm³/mol. The Labute approximate surface area is 182 Å². The fourth-order valence-electron chi connectivity index (χ4n) is 2.88. The third-order valence-electron chi connectivity index (χ3n) is 4.34. The molecule has 1 amide bonds. The highest BCUT2D eigenvalue weighted by Gasteiger charge is 2.12. The van der Waals surface area contributed by atoms with E-state index in [-0.39, 0.29) is 5.91 Å². The summed E-state index contributed by atoms with van der Waals surface area (Å²) >= 11 is 18.7. The van der Waals surface area contributed by atoms with E-state index in [2.05, 4.69) is 5.32 Å². The van der Waals surface area contributed by atoms with Gasteiger partial charge in [-0.15, -0.1) is 0 Å². The summed E-state index contributed by atoms with van der Waals surface area (Å²) in [5.41, 5.74) is 1.04. The van der Waals surface area contributed by atoms with Crippen molar-refractivity contribution in [3.8, 4) is 11.5 Å². The van der Waals surface area contributed by atoms with Crippen LogP contribution in [0.5, 0.6) is 11.5 Å². The van der Waals surface area contributed by atoms with E-state index in [0.29, 0.717) is 37.8 Å². The van der Waals surface area contributed by atoms with Gasteiger partial charge in [-0.2, -0.15) is 0 Å². The van der Waals surface area contributed by atoms with Crippen LogP contribution in [0.4, 0.5) is 5.69 Å². The van der Waals surface area contributed by atoms with Crippen molar-refractivity contribution in [2.75, 3.05) is 5.32 Å². The van der Waals surface area contributed by atoms with E-state index in [4.69, 9.17) is 39.5 Å². The molecule has 1 N–H and O–H groups in total. The summed E-state index contributed by atoms with van der Waals surface area (Å²) in [6.07, 6.45) is 0. The van der Waals surface area contributed by atoms with Gasteiger partial charge in [0, 0.05) is 21.7 Å². The summed E-state index contributed by atoms with van der Waals surface area (Å²) in [5.74, 6) is 0.683. The number of carbonyl (C=O) groups excluding carboxylic acids is 1. The van der Waals surface area contributed by atoms with Gasteiger partial charge in [-0.3, -0.25) is 4.79 Å². The number of amides is 1. The number of hydrogen-bond donors (Lipinski definition) is 1. The maximum atomic E-state index is 12.3. The van der Waals surface area contributed by atoms with E-state index < -0.39 is 0 Å². The van der Waals surface area contributed by atoms with Crippen molar-refractivity contribution in [2.45, 2.75) is 0 Å². The van der Waals surface area contributed by atoms with Gasteiger partial charge in [0.25, 0.3) is 5.91 Å². The van der Waals surface area contributed by atoms with Crippen LogP contribution in [0.15, 0.2) is 78.9 Å². The van der Waals surface area contributed by atoms with Crippen LogP contribution in [0.25, 0.3) is 10.8 Å². The lowest BCUT2D eigenvalue weighted by Gasteiger charge is -2.12. The van der Waals surface area contributed by atoms with Crippen molar-refractivity contribution in [1.82, 2.24) is 0 Å². The van der Waals surface area contributed by atoms with Gasteiger partial charge in [-0.1, -0.05) is 65.1 Å². The van der Waals surface area contributed by atoms with Gasteiger partial charge in [0.2, 0.25) is 0 Å². The van der Waals surface area contributed by atoms with Gasteiger partial charge in [0.15, 0.2) is 0 Å². The molecule has 0 saturated carbocycles. The predicted octanol–water partition coefficient (Wildman–Crippen LogP) is 7.84. The Hall–Kier alpha value is -2.72. The maximum absolute atomic E-state index is 12.3. The van der Waals surface area contributed by atoms with Gasteiger partial charge < -0.3 is 10.1 Å². The normalized spacial score (nSPS) is 10.7. The highest BCUT2D eigenvalue weighted by Crippen LogP contribution is 2.38. The Morgan fingerprint density at radius 1 is 0.793 bits per heavy atom. The Bertz CT molecular complexity index is 1210. The fraction of sp³-hybridized carbons (Fsp3) is 0. The van der Waals surface area contributed by atoms with Crippen LogP contribution < -0.4 is 10.1 Å². The van der Waals surface area contributed by atoms with E-state index in [1.54, 1.807) is 48.5 Å². The van der Waals surface area contributed by atoms with Gasteiger partial charge in [0.1, 0.15) is 11.5 Å². The Morgan fingerprint density at radius 3 is 2.28 bits per heavy atom. The molecule has 0 unspecified atom stereocenters. The number of carbonyl (C=O) groups is 1. The van der Waals surface area contributed by atoms with Crippen LogP contribution in [-0.4, -0.2) is 5.91 Å². The molecule has 0 aromatic heterocycles. The number of halogens is 3. The quantitative estimate of drug-likeness (QED) is 0.349. The van der Waals surface area contributed by atoms with Crippen LogP contribution >= 0.6 is 34.8 Å². The molecular formula is C23H14Cl3NO2. The van der Waals surface area contributed by atoms with Crippen molar-refractivity contribution in [1.29, 1.82) is 0 Å². The lowest BCUT2D eigenvalue weighted by Crippen LogP contribution is -2.11. The number of fused-ring (bicyclic) bond motifs is 1. The zero-order valence-electron chi connectivity index (χ0n) is 15.0. The van der Waals surface area contributed by atoms with Crippen LogP contribution in [0.3, 0.4) is 0 Å². The Morgan fingerprint density at radius 2 is 1.52 bits per heavy atom. The number of rotatable bonds is 4. The van der Waals surface area contributed by atoms with E-state index >= 15 is 0 Å². The number of nitrogens with one attached hydrogen (secondary N) is 1. The molecule has 0 spiro atoms. The van der Waals surface area contributed by atoms with E-state index in [9.17, 15) is 4.79 Å². The molecule has 0 radical (unpaired) electrons. The van der Waals surface area contributed by atoms with Gasteiger partial charge >= 0.3 is 0 Å². The largest absolute Gasteiger partial charge is 0.454 e. The van der Waals surface area contributed by atoms with Crippen LogP contribution in [0.2, 0.25) is 15.1 Å². The molecule has 0 heterocycles. The number of ether oxygens (including phenoxy) is 1. The van der Waals surface area contributed by atoms with Gasteiger partial charge in [-0.25, -0.2) is 0 Å². The first-order chi connectivity index (χ1) is 14.0. The summed E-state index contributed by atoms with van der Waals surface area (Å²) in [7, 11) is 0. The Kier molecular flexibility index (Phi) is 5.63. The van der Waals surface area contributed by atoms with Crippen molar-refractivity contribution in [2.24, 2.45) is 0 Å². The fourth-order valence-corrected chi connectivity index (χ4v) is 3.50. The second kappa shape index (κ2) is 8.34. The molecule has 0 aliphatic rings. The average molecular weight is 443 g/mol. The summed E-state index contributed by atoms with van der Waals surface area (Å²) in [6, 6.07) is 23.2. The minimum atomic E-state index is -0.260. The first-order valence-corrected chi connectivity index (χ1v) is 9.86. The standard InChI is InChI=1S/C23H14Cl3NO2/c24-16-8-5-15(6-9-16)23(28)27-17-10-12-20(19(25)13-17)29-21-11-7-14-3-1-2-4-18(14)22(21)26/h1-13H,(H,27,28). The minimum absolute atomic E-state index is 0.260. The van der Waals surface area contributed by atoms with E-state index in [1.165, 1.54) is 0 Å². The summed E-state index contributed by atoms with van der Waals surface area (Å²) in [6.45, 7) is 0. The number of benzene rings is 4. The zero-order valence-corrected chi connectivity index (χ0v) is 17.2. The molecule has 0 bridgehead atoms. The molecule has 0 atom stereocenters. The number of hydrogen-bond acceptors (Lipinski definition) is 2. The Balaban J connectivity index is 1.54. The third kappa shape index (κ3) is 4.33. The second-order valence-electron chi connectivity index (χ2n) is 6.31. The topological polar surface area (TPSA) is 38.3 Å². The zero-order chi connectivity index (χ0) is 20.4. The monoisotopic (exact) mass is 441 g/mol. The minimum Gasteiger partial charge on any atom is -0.454 e. The second-order valence-corrected chi connectivity index (χ2v) is 7.53. The molecule has 4 aromatic carbocycles. The van der Waals surface area contributed by atoms with Crippen molar-refractivity contribution in [3.63, 3.8) is 0 Å². The lowest BCUT2D eigenvalue weighted by atomic mass is 10.1. The molecule has 0 aliphatic heterocycles. The van der Waals surface area contributed by atoms with Crippen LogP contribution in [0.1, 0.15) is 10.4 Å². The average Bonchev–Trinajstić information content (AvgIpc) is 2.72. The molecule has 6 heteroatoms. The summed E-state index contributed by atoms with van der Waals surface area (Å²) in [4.78, 5) is 12.3. The first-order valence-electron chi connectivity index (χ1n) is 8.73. The summed E-state index contributed by atoms with van der Waals surface area (Å²) in [5, 5.41) is 6.15. The molecule has 4 aromatic rings. The van der Waals surface area contributed by atoms with E-state index in [0.717, 1.165) is 10.8 Å². The third-order valence-corrected chi connectivity index (χ3v) is 5.28. The first kappa shape index (κ1) is 19.6. The molecule has 0 aliphatic carbocycles. The van der Waals surface area contributed by atoms with Crippen LogP contribution in [0, 0.1) is 0 Å². The molecule has 29 heavy (non-hydrogen) atoms. The van der Waals surface area contributed by atoms with Crippen LogP contribution in [-0.2, 0) is 0 Å². The van der Waals surface area contributed by atoms with Crippen molar-refractivity contribution < 1.29 is 9.53 Å². The van der Waals surface area contributed by atoms with Crippen molar-refractivity contribution in [3.05, 3.63) is 99.5 Å². The van der Waals surface area contributed by atoms with E-state index in [1.807, 2.05) is 30.3 Å². The number of anilines is 1. The molecule has 4 rings (SSSR count). The molecule has 3 nitrogen and oxygen atoms in total. The summed E-state index contributed by atoms with van der Waals surface area (Å²) < 4.78 is 5.91. The molecule has 0 saturated heterocycles. The highest BCUT2D eigenvalue weighted by atomic mass is 35.5. The maximum Gasteiger partial charge on any atom is 0.255 e. The molecular weight excluding hydrogens is 429 g/mol. The SMILES string of the molecule is O=C(Nc1ccc(Oc2ccc3ccccc3c2Cl)c(Cl)c1)c1ccc(Cl)cc1. The molecule has 144 valence electrons. The molecule has 0 fully saturated rings. The highest BCUT2D eigenvalue weighted by molar-refractivity contribution is 6.37. The van der Waals surface area contributed by atoms with Crippen molar-refractivity contribution >= 4 is 57.2 Å². The smallest absolute Gasteiger partial charge is 0.255 e. The van der Waals surface area contributed by atoms with Gasteiger partial charge in [-0.05, 0) is 53.9 Å². The van der Waals surface area contributed by atoms with Gasteiger partial charge in [0.05, 0.1) is 10.0 Å². The lowest BCUT2D eigenvalue weighted by molar-refractivity contribution is 0.102.